The average Bonchev–Trinajstić information content (AvgIpc) is 2.74. The molecule has 1 atom stereocenters. The third-order valence-corrected chi connectivity index (χ3v) is 6.18. The van der Waals surface area contributed by atoms with Crippen LogP contribution in [-0.2, 0) is 4.79 Å². The van der Waals surface area contributed by atoms with Gasteiger partial charge in [-0.15, -0.1) is 0 Å². The number of anilines is 2. The molecule has 1 amide bonds. The Labute approximate surface area is 174 Å². The SMILES string of the molecule is COc1ccc(NC(=O)C2=C(C)N=C3SCCCN3[C@@H]2c2ccc(N)cc2)cc1. The molecule has 3 N–H and O–H groups in total. The summed E-state index contributed by atoms with van der Waals surface area (Å²) in [5.74, 6) is 1.65. The summed E-state index contributed by atoms with van der Waals surface area (Å²) in [6, 6.07) is 14.9. The molecular formula is C22H24N4O2S. The number of carbonyl (C=O) groups excluding carboxylic acids is 1. The Balaban J connectivity index is 1.70. The molecule has 0 bridgehead atoms. The number of rotatable bonds is 4. The number of amides is 1. The number of ether oxygens (including phenoxy) is 1. The number of thioether (sulfide) groups is 1. The van der Waals surface area contributed by atoms with Gasteiger partial charge in [-0.25, -0.2) is 4.99 Å². The number of amidine groups is 1. The summed E-state index contributed by atoms with van der Waals surface area (Å²) in [7, 11) is 1.62. The lowest BCUT2D eigenvalue weighted by molar-refractivity contribution is -0.113. The molecule has 29 heavy (non-hydrogen) atoms. The Morgan fingerprint density at radius 3 is 2.62 bits per heavy atom. The molecule has 150 valence electrons. The Hall–Kier alpha value is -2.93. The molecule has 2 heterocycles. The third kappa shape index (κ3) is 3.96. The topological polar surface area (TPSA) is 80.0 Å². The van der Waals surface area contributed by atoms with Crippen LogP contribution in [0.4, 0.5) is 11.4 Å². The monoisotopic (exact) mass is 408 g/mol. The van der Waals surface area contributed by atoms with Crippen LogP contribution in [0.3, 0.4) is 0 Å². The predicted molar refractivity (Wildman–Crippen MR) is 119 cm³/mol. The van der Waals surface area contributed by atoms with Gasteiger partial charge >= 0.3 is 0 Å². The first kappa shape index (κ1) is 19.4. The van der Waals surface area contributed by atoms with Crippen LogP contribution in [0.5, 0.6) is 5.75 Å². The van der Waals surface area contributed by atoms with E-state index >= 15 is 0 Å². The van der Waals surface area contributed by atoms with E-state index in [1.807, 2.05) is 55.5 Å². The second kappa shape index (κ2) is 8.21. The maximum Gasteiger partial charge on any atom is 0.255 e. The molecule has 2 aromatic rings. The summed E-state index contributed by atoms with van der Waals surface area (Å²) >= 11 is 1.75. The molecule has 7 heteroatoms. The van der Waals surface area contributed by atoms with Gasteiger partial charge in [0.1, 0.15) is 5.75 Å². The minimum absolute atomic E-state index is 0.145. The molecule has 1 fully saturated rings. The summed E-state index contributed by atoms with van der Waals surface area (Å²) in [5, 5.41) is 4.00. The van der Waals surface area contributed by atoms with Gasteiger partial charge in [0.15, 0.2) is 5.17 Å². The molecule has 4 rings (SSSR count). The summed E-state index contributed by atoms with van der Waals surface area (Å²) in [5.41, 5.74) is 9.76. The fourth-order valence-corrected chi connectivity index (χ4v) is 4.68. The maximum absolute atomic E-state index is 13.3. The zero-order valence-corrected chi connectivity index (χ0v) is 17.3. The van der Waals surface area contributed by atoms with E-state index in [-0.39, 0.29) is 11.9 Å². The molecule has 2 aliphatic rings. The van der Waals surface area contributed by atoms with Gasteiger partial charge < -0.3 is 20.7 Å². The van der Waals surface area contributed by atoms with Crippen LogP contribution < -0.4 is 15.8 Å². The molecule has 0 radical (unpaired) electrons. The number of hydrogen-bond donors (Lipinski definition) is 2. The summed E-state index contributed by atoms with van der Waals surface area (Å²) in [4.78, 5) is 20.3. The van der Waals surface area contributed by atoms with E-state index in [1.54, 1.807) is 18.9 Å². The van der Waals surface area contributed by atoms with Crippen LogP contribution in [0, 0.1) is 0 Å². The highest BCUT2D eigenvalue weighted by Gasteiger charge is 2.37. The zero-order chi connectivity index (χ0) is 20.4. The molecule has 0 spiro atoms. The van der Waals surface area contributed by atoms with Crippen molar-refractivity contribution in [1.82, 2.24) is 4.90 Å². The third-order valence-electron chi connectivity index (χ3n) is 5.10. The summed E-state index contributed by atoms with van der Waals surface area (Å²) in [6.07, 6.45) is 1.06. The molecule has 0 unspecified atom stereocenters. The predicted octanol–water partition coefficient (Wildman–Crippen LogP) is 4.04. The average molecular weight is 409 g/mol. The normalized spacial score (nSPS) is 18.8. The van der Waals surface area contributed by atoms with Gasteiger partial charge in [0.25, 0.3) is 5.91 Å². The highest BCUT2D eigenvalue weighted by Crippen LogP contribution is 2.40. The van der Waals surface area contributed by atoms with Gasteiger partial charge in [-0.1, -0.05) is 23.9 Å². The largest absolute Gasteiger partial charge is 0.497 e. The highest BCUT2D eigenvalue weighted by atomic mass is 32.2. The van der Waals surface area contributed by atoms with E-state index < -0.39 is 0 Å². The number of hydrogen-bond acceptors (Lipinski definition) is 6. The van der Waals surface area contributed by atoms with E-state index in [1.165, 1.54) is 0 Å². The van der Waals surface area contributed by atoms with Crippen molar-refractivity contribution in [2.45, 2.75) is 19.4 Å². The van der Waals surface area contributed by atoms with Crippen molar-refractivity contribution in [2.24, 2.45) is 4.99 Å². The van der Waals surface area contributed by atoms with Crippen LogP contribution in [0.25, 0.3) is 0 Å². The smallest absolute Gasteiger partial charge is 0.255 e. The number of nitrogens with two attached hydrogens (primary N) is 1. The van der Waals surface area contributed by atoms with Crippen molar-refractivity contribution < 1.29 is 9.53 Å². The Morgan fingerprint density at radius 1 is 1.21 bits per heavy atom. The van der Waals surface area contributed by atoms with Crippen LogP contribution in [0.1, 0.15) is 24.9 Å². The van der Waals surface area contributed by atoms with E-state index in [0.717, 1.165) is 46.6 Å². The van der Waals surface area contributed by atoms with Crippen molar-refractivity contribution in [3.8, 4) is 5.75 Å². The minimum Gasteiger partial charge on any atom is -0.497 e. The number of fused-ring (bicyclic) bond motifs is 1. The molecular weight excluding hydrogens is 384 g/mol. The van der Waals surface area contributed by atoms with Crippen LogP contribution in [0.15, 0.2) is 64.8 Å². The number of aliphatic imine (C=N–C) groups is 1. The fourth-order valence-electron chi connectivity index (χ4n) is 3.66. The molecule has 0 aliphatic carbocycles. The number of benzene rings is 2. The van der Waals surface area contributed by atoms with Crippen LogP contribution >= 0.6 is 11.8 Å². The highest BCUT2D eigenvalue weighted by molar-refractivity contribution is 8.13. The van der Waals surface area contributed by atoms with Crippen molar-refractivity contribution in [2.75, 3.05) is 30.5 Å². The Kier molecular flexibility index (Phi) is 5.49. The van der Waals surface area contributed by atoms with Gasteiger partial charge in [-0.3, -0.25) is 4.79 Å². The van der Waals surface area contributed by atoms with Crippen molar-refractivity contribution in [3.63, 3.8) is 0 Å². The van der Waals surface area contributed by atoms with Gasteiger partial charge in [0.05, 0.1) is 24.4 Å². The zero-order valence-electron chi connectivity index (χ0n) is 16.5. The summed E-state index contributed by atoms with van der Waals surface area (Å²) < 4.78 is 5.19. The minimum atomic E-state index is -0.186. The van der Waals surface area contributed by atoms with Gasteiger partial charge in [-0.05, 0) is 55.3 Å². The number of nitrogens with zero attached hydrogens (tertiary/aromatic N) is 2. The van der Waals surface area contributed by atoms with Crippen LogP contribution in [0.2, 0.25) is 0 Å². The molecule has 0 saturated carbocycles. The first-order valence-electron chi connectivity index (χ1n) is 9.56. The fraction of sp³-hybridized carbons (Fsp3) is 0.273. The second-order valence-corrected chi connectivity index (χ2v) is 8.10. The van der Waals surface area contributed by atoms with E-state index in [0.29, 0.717) is 11.3 Å². The number of carbonyl (C=O) groups is 1. The first-order valence-corrected chi connectivity index (χ1v) is 10.5. The number of methoxy groups -OCH3 is 1. The summed E-state index contributed by atoms with van der Waals surface area (Å²) in [6.45, 7) is 2.78. The lowest BCUT2D eigenvalue weighted by Gasteiger charge is -2.40. The van der Waals surface area contributed by atoms with E-state index in [9.17, 15) is 4.79 Å². The number of nitrogen functional groups attached to an aromatic ring is 1. The maximum atomic E-state index is 13.3. The molecule has 0 aromatic heterocycles. The van der Waals surface area contributed by atoms with Gasteiger partial charge in [0, 0.05) is 23.7 Å². The van der Waals surface area contributed by atoms with E-state index in [2.05, 4.69) is 10.2 Å². The van der Waals surface area contributed by atoms with E-state index in [4.69, 9.17) is 15.5 Å². The standard InChI is InChI=1S/C22H24N4O2S/c1-14-19(21(27)25-17-8-10-18(28-2)11-9-17)20(15-4-6-16(23)7-5-15)26-12-3-13-29-22(26)24-14/h4-11,20H,3,12-13,23H2,1-2H3,(H,25,27)/t20-/m1/s1. The van der Waals surface area contributed by atoms with Crippen molar-refractivity contribution in [3.05, 3.63) is 65.4 Å². The number of nitrogens with one attached hydrogen (secondary N) is 1. The first-order chi connectivity index (χ1) is 14.1. The van der Waals surface area contributed by atoms with Crippen molar-refractivity contribution >= 4 is 34.2 Å². The van der Waals surface area contributed by atoms with Gasteiger partial charge in [0.2, 0.25) is 0 Å². The molecule has 2 aliphatic heterocycles. The quantitative estimate of drug-likeness (QED) is 0.747. The molecule has 6 nitrogen and oxygen atoms in total. The van der Waals surface area contributed by atoms with Crippen molar-refractivity contribution in [1.29, 1.82) is 0 Å². The lowest BCUT2D eigenvalue weighted by atomic mass is 9.93. The number of allylic oxidation sites excluding steroid dienone is 1. The Morgan fingerprint density at radius 2 is 1.93 bits per heavy atom. The Bertz CT molecular complexity index is 967. The second-order valence-electron chi connectivity index (χ2n) is 7.04. The molecule has 2 aromatic carbocycles. The lowest BCUT2D eigenvalue weighted by Crippen LogP contribution is -2.43. The van der Waals surface area contributed by atoms with Crippen LogP contribution in [-0.4, -0.2) is 35.4 Å². The molecule has 1 saturated heterocycles. The van der Waals surface area contributed by atoms with Gasteiger partial charge in [-0.2, -0.15) is 0 Å².